The van der Waals surface area contributed by atoms with E-state index in [2.05, 4.69) is 0 Å². The number of likely N-dealkylation sites (N-methyl/N-ethyl adjacent to an activating group) is 1. The Kier molecular flexibility index (Phi) is 2.25. The van der Waals surface area contributed by atoms with Gasteiger partial charge in [0.25, 0.3) is 0 Å². The Morgan fingerprint density at radius 1 is 1.43 bits per heavy atom. The third kappa shape index (κ3) is 1.30. The van der Waals surface area contributed by atoms with Gasteiger partial charge in [-0.3, -0.25) is 4.79 Å². The number of carbonyl (C=O) groups excluding carboxylic acids is 1. The number of benzene rings is 1. The number of anilines is 1. The third-order valence-corrected chi connectivity index (χ3v) is 2.60. The zero-order valence-electron chi connectivity index (χ0n) is 8.36. The highest BCUT2D eigenvalue weighted by molar-refractivity contribution is 6.06. The van der Waals surface area contributed by atoms with E-state index < -0.39 is 0 Å². The summed E-state index contributed by atoms with van der Waals surface area (Å²) in [6.45, 7) is 0.631. The van der Waals surface area contributed by atoms with Gasteiger partial charge in [0.2, 0.25) is 0 Å². The molecular weight excluding hydrogens is 178 g/mol. The van der Waals surface area contributed by atoms with Crippen molar-refractivity contribution in [1.82, 2.24) is 0 Å². The van der Waals surface area contributed by atoms with Gasteiger partial charge in [-0.1, -0.05) is 12.1 Å². The first-order chi connectivity index (χ1) is 6.74. The second-order valence-electron chi connectivity index (χ2n) is 3.49. The zero-order chi connectivity index (χ0) is 10.1. The number of hydrogen-bond donors (Lipinski definition) is 0. The van der Waals surface area contributed by atoms with Crippen LogP contribution in [0.4, 0.5) is 5.69 Å². The highest BCUT2D eigenvalue weighted by atomic mass is 16.5. The highest BCUT2D eigenvalue weighted by Crippen LogP contribution is 2.26. The van der Waals surface area contributed by atoms with Crippen LogP contribution >= 0.6 is 0 Å². The summed E-state index contributed by atoms with van der Waals surface area (Å²) in [4.78, 5) is 13.9. The fraction of sp³-hybridized carbons (Fsp3) is 0.364. The number of Topliss-reactive ketones (excluding diaryl/α,β-unsaturated/α-hetero) is 1. The molecule has 74 valence electrons. The fourth-order valence-electron chi connectivity index (χ4n) is 1.80. The largest absolute Gasteiger partial charge is 0.371 e. The predicted molar refractivity (Wildman–Crippen MR) is 54.8 cm³/mol. The summed E-state index contributed by atoms with van der Waals surface area (Å²) in [6, 6.07) is 7.62. The first-order valence-electron chi connectivity index (χ1n) is 4.61. The molecule has 2 rings (SSSR count). The van der Waals surface area contributed by atoms with Crippen molar-refractivity contribution in [3.8, 4) is 0 Å². The van der Waals surface area contributed by atoms with E-state index in [-0.39, 0.29) is 11.9 Å². The molecule has 0 N–H and O–H groups in total. The van der Waals surface area contributed by atoms with E-state index in [1.54, 1.807) is 7.11 Å². The molecule has 14 heavy (non-hydrogen) atoms. The van der Waals surface area contributed by atoms with Gasteiger partial charge >= 0.3 is 0 Å². The van der Waals surface area contributed by atoms with Gasteiger partial charge in [-0.2, -0.15) is 0 Å². The molecule has 0 saturated carbocycles. The van der Waals surface area contributed by atoms with Crippen molar-refractivity contribution < 1.29 is 9.53 Å². The summed E-state index contributed by atoms with van der Waals surface area (Å²) < 4.78 is 5.14. The Bertz CT molecular complexity index is 362. The minimum Gasteiger partial charge on any atom is -0.371 e. The monoisotopic (exact) mass is 191 g/mol. The molecule has 0 aliphatic carbocycles. The Morgan fingerprint density at radius 3 is 2.86 bits per heavy atom. The molecule has 0 unspecified atom stereocenters. The lowest BCUT2D eigenvalue weighted by atomic mass is 9.99. The van der Waals surface area contributed by atoms with Gasteiger partial charge in [-0.05, 0) is 12.1 Å². The van der Waals surface area contributed by atoms with Gasteiger partial charge < -0.3 is 9.64 Å². The van der Waals surface area contributed by atoms with Gasteiger partial charge in [0.15, 0.2) is 5.78 Å². The second-order valence-corrected chi connectivity index (χ2v) is 3.49. The fourth-order valence-corrected chi connectivity index (χ4v) is 1.80. The van der Waals surface area contributed by atoms with Crippen LogP contribution in [0.1, 0.15) is 10.4 Å². The van der Waals surface area contributed by atoms with E-state index in [0.29, 0.717) is 6.54 Å². The number of fused-ring (bicyclic) bond motifs is 1. The van der Waals surface area contributed by atoms with Crippen molar-refractivity contribution in [2.75, 3.05) is 25.6 Å². The van der Waals surface area contributed by atoms with Crippen LogP contribution in [0.5, 0.6) is 0 Å². The van der Waals surface area contributed by atoms with Gasteiger partial charge in [0.1, 0.15) is 6.10 Å². The van der Waals surface area contributed by atoms with Crippen LogP contribution in [0.15, 0.2) is 24.3 Å². The SMILES string of the molecule is CO[C@@H]1CN(C)c2ccccc2C1=O. The van der Waals surface area contributed by atoms with Crippen molar-refractivity contribution in [3.05, 3.63) is 29.8 Å². The number of ether oxygens (including phenoxy) is 1. The van der Waals surface area contributed by atoms with Crippen LogP contribution in [0.2, 0.25) is 0 Å². The maximum Gasteiger partial charge on any atom is 0.195 e. The Hall–Kier alpha value is -1.35. The summed E-state index contributed by atoms with van der Waals surface area (Å²) in [5.74, 6) is 0.0844. The molecule has 1 aliphatic heterocycles. The lowest BCUT2D eigenvalue weighted by Gasteiger charge is -2.31. The number of hydrogen-bond acceptors (Lipinski definition) is 3. The molecule has 1 aromatic carbocycles. The minimum atomic E-state index is -0.324. The van der Waals surface area contributed by atoms with Crippen molar-refractivity contribution in [2.24, 2.45) is 0 Å². The Labute approximate surface area is 83.3 Å². The van der Waals surface area contributed by atoms with Crippen LogP contribution in [0.25, 0.3) is 0 Å². The molecule has 1 atom stereocenters. The topological polar surface area (TPSA) is 29.5 Å². The summed E-state index contributed by atoms with van der Waals surface area (Å²) in [7, 11) is 3.54. The van der Waals surface area contributed by atoms with Gasteiger partial charge in [0, 0.05) is 25.4 Å². The minimum absolute atomic E-state index is 0.0844. The molecule has 0 amide bonds. The van der Waals surface area contributed by atoms with Crippen molar-refractivity contribution >= 4 is 11.5 Å². The highest BCUT2D eigenvalue weighted by Gasteiger charge is 2.29. The molecule has 0 bridgehead atoms. The normalized spacial score (nSPS) is 20.9. The summed E-state index contributed by atoms with van der Waals surface area (Å²) in [5, 5.41) is 0. The molecule has 1 aliphatic rings. The third-order valence-electron chi connectivity index (χ3n) is 2.60. The zero-order valence-corrected chi connectivity index (χ0v) is 8.36. The second kappa shape index (κ2) is 3.42. The molecule has 3 nitrogen and oxygen atoms in total. The molecule has 1 heterocycles. The van der Waals surface area contributed by atoms with Crippen molar-refractivity contribution in [2.45, 2.75) is 6.10 Å². The summed E-state index contributed by atoms with van der Waals surface area (Å²) in [6.07, 6.45) is -0.324. The van der Waals surface area contributed by atoms with Gasteiger partial charge in [-0.25, -0.2) is 0 Å². The smallest absolute Gasteiger partial charge is 0.195 e. The Balaban J connectivity index is 2.46. The average molecular weight is 191 g/mol. The van der Waals surface area contributed by atoms with Crippen molar-refractivity contribution in [1.29, 1.82) is 0 Å². The Morgan fingerprint density at radius 2 is 2.14 bits per heavy atom. The molecule has 1 aromatic rings. The number of methoxy groups -OCH3 is 1. The van der Waals surface area contributed by atoms with Crippen LogP contribution in [-0.2, 0) is 4.74 Å². The lowest BCUT2D eigenvalue weighted by Crippen LogP contribution is -2.41. The maximum atomic E-state index is 11.8. The van der Waals surface area contributed by atoms with Gasteiger partial charge in [-0.15, -0.1) is 0 Å². The maximum absolute atomic E-state index is 11.8. The quantitative estimate of drug-likeness (QED) is 0.670. The van der Waals surface area contributed by atoms with E-state index in [4.69, 9.17) is 4.74 Å². The van der Waals surface area contributed by atoms with Crippen LogP contribution in [0.3, 0.4) is 0 Å². The molecule has 3 heteroatoms. The van der Waals surface area contributed by atoms with E-state index in [9.17, 15) is 4.79 Å². The lowest BCUT2D eigenvalue weighted by molar-refractivity contribution is 0.0612. The molecule has 0 aromatic heterocycles. The van der Waals surface area contributed by atoms with E-state index in [0.717, 1.165) is 11.3 Å². The number of ketones is 1. The van der Waals surface area contributed by atoms with E-state index >= 15 is 0 Å². The molecule has 0 spiro atoms. The van der Waals surface area contributed by atoms with Gasteiger partial charge in [0.05, 0.1) is 6.54 Å². The first-order valence-corrected chi connectivity index (χ1v) is 4.61. The molecule has 0 saturated heterocycles. The van der Waals surface area contributed by atoms with E-state index in [1.807, 2.05) is 36.2 Å². The van der Waals surface area contributed by atoms with Crippen LogP contribution in [0, 0.1) is 0 Å². The number of carbonyl (C=O) groups is 1. The first kappa shape index (κ1) is 9.21. The van der Waals surface area contributed by atoms with E-state index in [1.165, 1.54) is 0 Å². The number of para-hydroxylation sites is 1. The predicted octanol–water partition coefficient (Wildman–Crippen LogP) is 1.33. The standard InChI is InChI=1S/C11H13NO2/c1-12-7-10(14-2)11(13)8-5-3-4-6-9(8)12/h3-6,10H,7H2,1-2H3/t10-/m1/s1. The summed E-state index contributed by atoms with van der Waals surface area (Å²) >= 11 is 0. The van der Waals surface area contributed by atoms with Crippen LogP contribution < -0.4 is 4.90 Å². The number of nitrogens with zero attached hydrogens (tertiary/aromatic N) is 1. The molecule has 0 radical (unpaired) electrons. The summed E-state index contributed by atoms with van der Waals surface area (Å²) in [5.41, 5.74) is 1.75. The molecular formula is C11H13NO2. The average Bonchev–Trinajstić information content (AvgIpc) is 2.23. The molecule has 0 fully saturated rings. The number of rotatable bonds is 1. The van der Waals surface area contributed by atoms with Crippen molar-refractivity contribution in [3.63, 3.8) is 0 Å². The van der Waals surface area contributed by atoms with Crippen LogP contribution in [-0.4, -0.2) is 32.6 Å².